The average Bonchev–Trinajstić information content (AvgIpc) is 3.32. The number of ether oxygens (including phenoxy) is 1. The van der Waals surface area contributed by atoms with Gasteiger partial charge in [-0.05, 0) is 42.9 Å². The summed E-state index contributed by atoms with van der Waals surface area (Å²) in [5, 5.41) is 16.9. The van der Waals surface area contributed by atoms with Crippen molar-refractivity contribution < 1.29 is 14.6 Å². The Morgan fingerprint density at radius 2 is 2.04 bits per heavy atom. The van der Waals surface area contributed by atoms with Gasteiger partial charge >= 0.3 is 5.97 Å². The van der Waals surface area contributed by atoms with Crippen molar-refractivity contribution in [1.82, 2.24) is 9.78 Å². The molecule has 1 saturated heterocycles. The molecule has 4 rings (SSSR count). The summed E-state index contributed by atoms with van der Waals surface area (Å²) in [4.78, 5) is 11.0. The minimum atomic E-state index is -0.686. The molecule has 1 aromatic heterocycles. The van der Waals surface area contributed by atoms with Gasteiger partial charge in [-0.2, -0.15) is 5.10 Å². The lowest BCUT2D eigenvalue weighted by Gasteiger charge is -2.22. The summed E-state index contributed by atoms with van der Waals surface area (Å²) < 4.78 is 7.46. The molecule has 2 N–H and O–H groups in total. The molecular weight excluding hydrogens is 318 g/mol. The molecule has 1 aliphatic carbocycles. The number of carbonyl (C=O) groups is 1. The van der Waals surface area contributed by atoms with Gasteiger partial charge in [0.05, 0.1) is 18.2 Å². The summed E-state index contributed by atoms with van der Waals surface area (Å²) in [6, 6.07) is 8.55. The van der Waals surface area contributed by atoms with Gasteiger partial charge in [0.1, 0.15) is 0 Å². The molecule has 0 amide bonds. The molecule has 1 aliphatic heterocycles. The lowest BCUT2D eigenvalue weighted by atomic mass is 10.1. The van der Waals surface area contributed by atoms with Crippen LogP contribution in [-0.4, -0.2) is 34.1 Å². The van der Waals surface area contributed by atoms with E-state index in [1.807, 2.05) is 30.5 Å². The molecule has 0 radical (unpaired) electrons. The van der Waals surface area contributed by atoms with Crippen LogP contribution in [0.3, 0.4) is 0 Å². The van der Waals surface area contributed by atoms with Gasteiger partial charge in [-0.25, -0.2) is 0 Å². The molecule has 2 atom stereocenters. The monoisotopic (exact) mass is 341 g/mol. The van der Waals surface area contributed by atoms with Crippen molar-refractivity contribution in [2.75, 3.05) is 18.5 Å². The molecule has 0 unspecified atom stereocenters. The molecule has 2 aromatic rings. The number of nitrogens with one attached hydrogen (secondary N) is 1. The molecule has 6 heteroatoms. The normalized spacial score (nSPS) is 23.4. The van der Waals surface area contributed by atoms with Gasteiger partial charge in [-0.3, -0.25) is 9.48 Å². The van der Waals surface area contributed by atoms with Crippen LogP contribution in [0.5, 0.6) is 0 Å². The maximum atomic E-state index is 11.0. The number of carboxylic acids is 1. The first-order valence-electron chi connectivity index (χ1n) is 8.88. The van der Waals surface area contributed by atoms with Gasteiger partial charge in [-0.1, -0.05) is 12.1 Å². The van der Waals surface area contributed by atoms with Gasteiger partial charge in [0.25, 0.3) is 0 Å². The number of rotatable bonds is 6. The maximum Gasteiger partial charge on any atom is 0.307 e. The van der Waals surface area contributed by atoms with Crippen LogP contribution in [0.4, 0.5) is 5.69 Å². The highest BCUT2D eigenvalue weighted by atomic mass is 16.5. The number of benzene rings is 1. The summed E-state index contributed by atoms with van der Waals surface area (Å²) >= 11 is 0. The molecule has 1 saturated carbocycles. The highest BCUT2D eigenvalue weighted by Gasteiger charge is 2.43. The summed E-state index contributed by atoms with van der Waals surface area (Å²) in [5.41, 5.74) is 3.31. The van der Waals surface area contributed by atoms with Gasteiger partial charge < -0.3 is 15.2 Å². The first-order valence-corrected chi connectivity index (χ1v) is 8.88. The van der Waals surface area contributed by atoms with Crippen molar-refractivity contribution in [2.45, 2.75) is 37.8 Å². The van der Waals surface area contributed by atoms with Crippen LogP contribution in [0.2, 0.25) is 0 Å². The molecule has 0 spiro atoms. The lowest BCUT2D eigenvalue weighted by molar-refractivity contribution is -0.138. The molecular formula is C19H23N3O3. The lowest BCUT2D eigenvalue weighted by Crippen LogP contribution is -2.19. The second-order valence-electron chi connectivity index (χ2n) is 6.93. The molecule has 2 heterocycles. The van der Waals surface area contributed by atoms with Gasteiger partial charge in [0.2, 0.25) is 0 Å². The van der Waals surface area contributed by atoms with E-state index in [1.54, 1.807) is 0 Å². The summed E-state index contributed by atoms with van der Waals surface area (Å²) in [6.45, 7) is 2.35. The Kier molecular flexibility index (Phi) is 4.44. The van der Waals surface area contributed by atoms with Gasteiger partial charge in [-0.15, -0.1) is 0 Å². The molecule has 0 bridgehead atoms. The third-order valence-electron chi connectivity index (χ3n) is 5.16. The largest absolute Gasteiger partial charge is 0.481 e. The van der Waals surface area contributed by atoms with Crippen LogP contribution in [-0.2, 0) is 16.1 Å². The first-order chi connectivity index (χ1) is 12.2. The van der Waals surface area contributed by atoms with E-state index in [4.69, 9.17) is 9.84 Å². The van der Waals surface area contributed by atoms with Crippen LogP contribution in [0.25, 0.3) is 0 Å². The minimum absolute atomic E-state index is 0.184. The van der Waals surface area contributed by atoms with Crippen molar-refractivity contribution in [3.63, 3.8) is 0 Å². The SMILES string of the molecule is O=C(O)[C@@H]1C[C@H]1c1ccc(NCc2cnn(C3CCOCC3)c2)cc1. The van der Waals surface area contributed by atoms with Gasteiger partial charge in [0.15, 0.2) is 0 Å². The zero-order valence-corrected chi connectivity index (χ0v) is 14.1. The fourth-order valence-corrected chi connectivity index (χ4v) is 3.51. The number of anilines is 1. The van der Waals surface area contributed by atoms with Crippen molar-refractivity contribution in [2.24, 2.45) is 5.92 Å². The molecule has 2 aliphatic rings. The highest BCUT2D eigenvalue weighted by molar-refractivity contribution is 5.75. The Bertz CT molecular complexity index is 735. The van der Waals surface area contributed by atoms with Crippen molar-refractivity contribution in [3.05, 3.63) is 47.8 Å². The zero-order valence-electron chi connectivity index (χ0n) is 14.1. The zero-order chi connectivity index (χ0) is 17.2. The number of carboxylic acid groups (broad SMARTS) is 1. The minimum Gasteiger partial charge on any atom is -0.481 e. The van der Waals surface area contributed by atoms with Crippen molar-refractivity contribution in [3.8, 4) is 0 Å². The third-order valence-corrected chi connectivity index (χ3v) is 5.16. The highest BCUT2D eigenvalue weighted by Crippen LogP contribution is 2.47. The Hall–Kier alpha value is -2.34. The standard InChI is InChI=1S/C19H23N3O3/c23-19(24)18-9-17(18)14-1-3-15(4-2-14)20-10-13-11-21-22(12-13)16-5-7-25-8-6-16/h1-4,11-12,16-18,20H,5-10H2,(H,23,24)/t17-,18+/m0/s1. The molecule has 25 heavy (non-hydrogen) atoms. The van der Waals surface area contributed by atoms with E-state index in [2.05, 4.69) is 21.3 Å². The fourth-order valence-electron chi connectivity index (χ4n) is 3.51. The number of hydrogen-bond donors (Lipinski definition) is 2. The summed E-state index contributed by atoms with van der Waals surface area (Å²) in [5.74, 6) is -0.701. The topological polar surface area (TPSA) is 76.4 Å². The second-order valence-corrected chi connectivity index (χ2v) is 6.93. The molecule has 6 nitrogen and oxygen atoms in total. The molecule has 1 aromatic carbocycles. The number of aliphatic carboxylic acids is 1. The average molecular weight is 341 g/mol. The van der Waals surface area contributed by atoms with E-state index in [0.717, 1.165) is 55.8 Å². The predicted molar refractivity (Wildman–Crippen MR) is 93.6 cm³/mol. The van der Waals surface area contributed by atoms with Crippen LogP contribution in [0, 0.1) is 5.92 Å². The summed E-state index contributed by atoms with van der Waals surface area (Å²) in [6.07, 6.45) is 6.83. The Balaban J connectivity index is 1.31. The van der Waals surface area contributed by atoms with Gasteiger partial charge in [0, 0.05) is 37.2 Å². The Morgan fingerprint density at radius 1 is 1.28 bits per heavy atom. The van der Waals surface area contributed by atoms with E-state index in [1.165, 1.54) is 0 Å². The number of nitrogens with zero attached hydrogens (tertiary/aromatic N) is 2. The van der Waals surface area contributed by atoms with E-state index < -0.39 is 5.97 Å². The van der Waals surface area contributed by atoms with E-state index in [9.17, 15) is 4.79 Å². The molecule has 2 fully saturated rings. The predicted octanol–water partition coefficient (Wildman–Crippen LogP) is 3.03. The van der Waals surface area contributed by atoms with Crippen LogP contribution in [0.15, 0.2) is 36.7 Å². The second kappa shape index (κ2) is 6.88. The maximum absolute atomic E-state index is 11.0. The van der Waals surface area contributed by atoms with E-state index in [-0.39, 0.29) is 11.8 Å². The van der Waals surface area contributed by atoms with Crippen LogP contribution < -0.4 is 5.32 Å². The fraction of sp³-hybridized carbons (Fsp3) is 0.474. The summed E-state index contributed by atoms with van der Waals surface area (Å²) in [7, 11) is 0. The van der Waals surface area contributed by atoms with Crippen molar-refractivity contribution in [1.29, 1.82) is 0 Å². The first kappa shape index (κ1) is 16.1. The van der Waals surface area contributed by atoms with Crippen molar-refractivity contribution >= 4 is 11.7 Å². The van der Waals surface area contributed by atoms with E-state index in [0.29, 0.717) is 6.04 Å². The van der Waals surface area contributed by atoms with E-state index >= 15 is 0 Å². The Morgan fingerprint density at radius 3 is 2.72 bits per heavy atom. The molecule has 132 valence electrons. The Labute approximate surface area is 146 Å². The smallest absolute Gasteiger partial charge is 0.307 e. The number of aromatic nitrogens is 2. The van der Waals surface area contributed by atoms with Crippen LogP contribution >= 0.6 is 0 Å². The van der Waals surface area contributed by atoms with Crippen LogP contribution in [0.1, 0.15) is 42.3 Å². The quantitative estimate of drug-likeness (QED) is 0.844. The third kappa shape index (κ3) is 3.69. The number of hydrogen-bond acceptors (Lipinski definition) is 4.